The molecular formula is C13H18ClNOS. The Morgan fingerprint density at radius 1 is 1.29 bits per heavy atom. The summed E-state index contributed by atoms with van der Waals surface area (Å²) in [7, 11) is 0. The average Bonchev–Trinajstić information content (AvgIpc) is 2.37. The van der Waals surface area contributed by atoms with Crippen molar-refractivity contribution in [3.8, 4) is 0 Å². The molecule has 1 unspecified atom stereocenters. The Morgan fingerprint density at radius 2 is 2.06 bits per heavy atom. The largest absolute Gasteiger partial charge is 0.377 e. The summed E-state index contributed by atoms with van der Waals surface area (Å²) < 4.78 is 0. The molecule has 0 aromatic heterocycles. The predicted octanol–water partition coefficient (Wildman–Crippen LogP) is 3.24. The number of halogens is 1. The van der Waals surface area contributed by atoms with Crippen LogP contribution in [0.25, 0.3) is 0 Å². The standard InChI is InChI=1S/C13H18ClNOS/c14-11-5-4-6-12(9-11)17-10-13(16)15-7-2-1-3-8-15/h4-6,9,13,16H,1-3,7-8,10H2. The monoisotopic (exact) mass is 271 g/mol. The maximum absolute atomic E-state index is 10.1. The molecule has 94 valence electrons. The van der Waals surface area contributed by atoms with E-state index in [-0.39, 0.29) is 6.23 Å². The summed E-state index contributed by atoms with van der Waals surface area (Å²) in [4.78, 5) is 3.29. The van der Waals surface area contributed by atoms with Gasteiger partial charge < -0.3 is 5.11 Å². The summed E-state index contributed by atoms with van der Waals surface area (Å²) in [5.74, 6) is 0.709. The lowest BCUT2D eigenvalue weighted by molar-refractivity contribution is 0.0103. The first-order valence-corrected chi connectivity index (χ1v) is 7.42. The summed E-state index contributed by atoms with van der Waals surface area (Å²) in [6.07, 6.45) is 3.38. The minimum atomic E-state index is -0.334. The number of aliphatic hydroxyl groups excluding tert-OH is 1. The summed E-state index contributed by atoms with van der Waals surface area (Å²) >= 11 is 7.58. The fourth-order valence-corrected chi connectivity index (χ4v) is 3.24. The van der Waals surface area contributed by atoms with Crippen LogP contribution in [0.15, 0.2) is 29.2 Å². The number of rotatable bonds is 4. The molecule has 1 aromatic carbocycles. The molecule has 1 aliphatic rings. The van der Waals surface area contributed by atoms with E-state index in [4.69, 9.17) is 11.6 Å². The van der Waals surface area contributed by atoms with Crippen molar-refractivity contribution in [1.29, 1.82) is 0 Å². The zero-order valence-corrected chi connectivity index (χ0v) is 11.4. The lowest BCUT2D eigenvalue weighted by Crippen LogP contribution is -2.40. The maximum atomic E-state index is 10.1. The van der Waals surface area contributed by atoms with E-state index in [1.165, 1.54) is 19.3 Å². The fourth-order valence-electron chi connectivity index (χ4n) is 2.05. The molecule has 1 aliphatic heterocycles. The van der Waals surface area contributed by atoms with Crippen molar-refractivity contribution in [1.82, 2.24) is 4.90 Å². The van der Waals surface area contributed by atoms with E-state index in [0.29, 0.717) is 5.75 Å². The molecule has 1 atom stereocenters. The summed E-state index contributed by atoms with van der Waals surface area (Å²) in [5, 5.41) is 10.8. The molecule has 0 amide bonds. The minimum absolute atomic E-state index is 0.334. The van der Waals surface area contributed by atoms with E-state index >= 15 is 0 Å². The molecular weight excluding hydrogens is 254 g/mol. The van der Waals surface area contributed by atoms with Crippen molar-refractivity contribution < 1.29 is 5.11 Å². The van der Waals surface area contributed by atoms with Crippen LogP contribution in [0.4, 0.5) is 0 Å². The number of nitrogens with zero attached hydrogens (tertiary/aromatic N) is 1. The Hall–Kier alpha value is -0.220. The van der Waals surface area contributed by atoms with E-state index in [9.17, 15) is 5.11 Å². The quantitative estimate of drug-likeness (QED) is 0.851. The van der Waals surface area contributed by atoms with Crippen molar-refractivity contribution in [2.75, 3.05) is 18.8 Å². The Kier molecular flexibility index (Phi) is 5.16. The van der Waals surface area contributed by atoms with Crippen LogP contribution in [0.3, 0.4) is 0 Å². The van der Waals surface area contributed by atoms with Gasteiger partial charge in [-0.2, -0.15) is 0 Å². The maximum Gasteiger partial charge on any atom is 0.116 e. The smallest absolute Gasteiger partial charge is 0.116 e. The zero-order chi connectivity index (χ0) is 12.1. The van der Waals surface area contributed by atoms with Gasteiger partial charge in [0, 0.05) is 28.8 Å². The molecule has 0 spiro atoms. The highest BCUT2D eigenvalue weighted by Crippen LogP contribution is 2.23. The first-order chi connectivity index (χ1) is 8.25. The Balaban J connectivity index is 1.80. The van der Waals surface area contributed by atoms with Crippen LogP contribution in [0, 0.1) is 0 Å². The predicted molar refractivity (Wildman–Crippen MR) is 73.6 cm³/mol. The number of aliphatic hydroxyl groups is 1. The second-order valence-corrected chi connectivity index (χ2v) is 5.88. The number of benzene rings is 1. The van der Waals surface area contributed by atoms with Crippen LogP contribution in [-0.2, 0) is 0 Å². The van der Waals surface area contributed by atoms with Crippen molar-refractivity contribution >= 4 is 23.4 Å². The van der Waals surface area contributed by atoms with Crippen LogP contribution in [0.5, 0.6) is 0 Å². The van der Waals surface area contributed by atoms with Gasteiger partial charge in [0.1, 0.15) is 6.23 Å². The molecule has 1 saturated heterocycles. The Labute approximate surface area is 112 Å². The van der Waals surface area contributed by atoms with Gasteiger partial charge in [0.15, 0.2) is 0 Å². The molecule has 2 rings (SSSR count). The van der Waals surface area contributed by atoms with Crippen molar-refractivity contribution in [3.63, 3.8) is 0 Å². The summed E-state index contributed by atoms with van der Waals surface area (Å²) in [6, 6.07) is 7.78. The van der Waals surface area contributed by atoms with Crippen molar-refractivity contribution in [3.05, 3.63) is 29.3 Å². The number of piperidine rings is 1. The van der Waals surface area contributed by atoms with E-state index in [0.717, 1.165) is 23.0 Å². The van der Waals surface area contributed by atoms with Gasteiger partial charge in [0.05, 0.1) is 0 Å². The lowest BCUT2D eigenvalue weighted by Gasteiger charge is -2.30. The third-order valence-corrected chi connectivity index (χ3v) is 4.29. The van der Waals surface area contributed by atoms with E-state index in [1.54, 1.807) is 11.8 Å². The van der Waals surface area contributed by atoms with Crippen LogP contribution in [0.1, 0.15) is 19.3 Å². The van der Waals surface area contributed by atoms with Gasteiger partial charge in [-0.3, -0.25) is 4.90 Å². The first kappa shape index (κ1) is 13.2. The van der Waals surface area contributed by atoms with Gasteiger partial charge in [-0.25, -0.2) is 0 Å². The van der Waals surface area contributed by atoms with Gasteiger partial charge in [-0.15, -0.1) is 11.8 Å². The van der Waals surface area contributed by atoms with Gasteiger partial charge in [-0.05, 0) is 31.0 Å². The third kappa shape index (κ3) is 4.18. The van der Waals surface area contributed by atoms with Gasteiger partial charge in [0.2, 0.25) is 0 Å². The molecule has 0 aliphatic carbocycles. The van der Waals surface area contributed by atoms with Crippen LogP contribution >= 0.6 is 23.4 Å². The zero-order valence-electron chi connectivity index (χ0n) is 9.81. The minimum Gasteiger partial charge on any atom is -0.377 e. The topological polar surface area (TPSA) is 23.5 Å². The Morgan fingerprint density at radius 3 is 2.76 bits per heavy atom. The number of hydrogen-bond donors (Lipinski definition) is 1. The van der Waals surface area contributed by atoms with E-state index in [2.05, 4.69) is 4.90 Å². The SMILES string of the molecule is OC(CSc1cccc(Cl)c1)N1CCCCC1. The van der Waals surface area contributed by atoms with Gasteiger partial charge in [-0.1, -0.05) is 24.1 Å². The van der Waals surface area contributed by atoms with E-state index < -0.39 is 0 Å². The number of hydrogen-bond acceptors (Lipinski definition) is 3. The second-order valence-electron chi connectivity index (χ2n) is 4.35. The molecule has 2 nitrogen and oxygen atoms in total. The highest BCUT2D eigenvalue weighted by atomic mass is 35.5. The molecule has 1 heterocycles. The number of likely N-dealkylation sites (tertiary alicyclic amines) is 1. The van der Waals surface area contributed by atoms with Crippen LogP contribution in [-0.4, -0.2) is 35.1 Å². The molecule has 1 N–H and O–H groups in total. The van der Waals surface area contributed by atoms with Crippen LogP contribution < -0.4 is 0 Å². The van der Waals surface area contributed by atoms with Crippen LogP contribution in [0.2, 0.25) is 5.02 Å². The van der Waals surface area contributed by atoms with Crippen molar-refractivity contribution in [2.45, 2.75) is 30.4 Å². The summed E-state index contributed by atoms with van der Waals surface area (Å²) in [6.45, 7) is 2.05. The molecule has 1 aromatic rings. The molecule has 0 bridgehead atoms. The third-order valence-electron chi connectivity index (χ3n) is 3.01. The van der Waals surface area contributed by atoms with Gasteiger partial charge in [0.25, 0.3) is 0 Å². The summed E-state index contributed by atoms with van der Waals surface area (Å²) in [5.41, 5.74) is 0. The molecule has 0 radical (unpaired) electrons. The molecule has 17 heavy (non-hydrogen) atoms. The van der Waals surface area contributed by atoms with Gasteiger partial charge >= 0.3 is 0 Å². The number of thioether (sulfide) groups is 1. The molecule has 1 fully saturated rings. The molecule has 4 heteroatoms. The highest BCUT2D eigenvalue weighted by Gasteiger charge is 2.17. The Bertz CT molecular complexity index is 355. The second kappa shape index (κ2) is 6.64. The van der Waals surface area contributed by atoms with E-state index in [1.807, 2.05) is 24.3 Å². The average molecular weight is 272 g/mol. The molecule has 0 saturated carbocycles. The lowest BCUT2D eigenvalue weighted by atomic mass is 10.1. The first-order valence-electron chi connectivity index (χ1n) is 6.06. The normalized spacial score (nSPS) is 19.2. The van der Waals surface area contributed by atoms with Crippen molar-refractivity contribution in [2.24, 2.45) is 0 Å². The highest BCUT2D eigenvalue weighted by molar-refractivity contribution is 7.99. The fraction of sp³-hybridized carbons (Fsp3) is 0.538.